The lowest BCUT2D eigenvalue weighted by molar-refractivity contribution is 0.0868. The molecule has 1 rings (SSSR count). The SMILES string of the molecule is Cc1ccc(F)cc1C(=O)NC(C)(C)CO. The fourth-order valence-corrected chi connectivity index (χ4v) is 1.25. The van der Waals surface area contributed by atoms with Crippen molar-refractivity contribution in [3.63, 3.8) is 0 Å². The van der Waals surface area contributed by atoms with Gasteiger partial charge in [0.25, 0.3) is 5.91 Å². The van der Waals surface area contributed by atoms with Crippen molar-refractivity contribution in [1.29, 1.82) is 0 Å². The maximum Gasteiger partial charge on any atom is 0.252 e. The third-order valence-corrected chi connectivity index (χ3v) is 2.29. The monoisotopic (exact) mass is 225 g/mol. The predicted octanol–water partition coefficient (Wildman–Crippen LogP) is 1.63. The van der Waals surface area contributed by atoms with Crippen molar-refractivity contribution in [3.05, 3.63) is 35.1 Å². The van der Waals surface area contributed by atoms with Gasteiger partial charge in [0.15, 0.2) is 0 Å². The standard InChI is InChI=1S/C12H16FNO2/c1-8-4-5-9(13)6-10(8)11(16)14-12(2,3)7-15/h4-6,15H,7H2,1-3H3,(H,14,16). The van der Waals surface area contributed by atoms with Crippen molar-refractivity contribution in [3.8, 4) is 0 Å². The normalized spacial score (nSPS) is 11.3. The number of aliphatic hydroxyl groups excluding tert-OH is 1. The number of carbonyl (C=O) groups is 1. The Morgan fingerprint density at radius 2 is 2.12 bits per heavy atom. The molecule has 0 aliphatic carbocycles. The number of nitrogens with one attached hydrogen (secondary N) is 1. The highest BCUT2D eigenvalue weighted by Gasteiger charge is 2.21. The molecular weight excluding hydrogens is 209 g/mol. The molecule has 16 heavy (non-hydrogen) atoms. The number of hydrogen-bond acceptors (Lipinski definition) is 2. The van der Waals surface area contributed by atoms with Crippen LogP contribution in [0.1, 0.15) is 29.8 Å². The molecular formula is C12H16FNO2. The van der Waals surface area contributed by atoms with Crippen molar-refractivity contribution in [2.45, 2.75) is 26.3 Å². The Labute approximate surface area is 94.3 Å². The highest BCUT2D eigenvalue weighted by atomic mass is 19.1. The Hall–Kier alpha value is -1.42. The minimum Gasteiger partial charge on any atom is -0.394 e. The van der Waals surface area contributed by atoms with E-state index in [2.05, 4.69) is 5.32 Å². The van der Waals surface area contributed by atoms with Gasteiger partial charge in [-0.05, 0) is 38.5 Å². The smallest absolute Gasteiger partial charge is 0.252 e. The van der Waals surface area contributed by atoms with Gasteiger partial charge < -0.3 is 10.4 Å². The molecule has 0 unspecified atom stereocenters. The highest BCUT2D eigenvalue weighted by molar-refractivity contribution is 5.96. The fraction of sp³-hybridized carbons (Fsp3) is 0.417. The maximum atomic E-state index is 13.0. The van der Waals surface area contributed by atoms with Gasteiger partial charge in [0.1, 0.15) is 5.82 Å². The van der Waals surface area contributed by atoms with E-state index in [0.717, 1.165) is 0 Å². The average Bonchev–Trinajstić information content (AvgIpc) is 2.21. The van der Waals surface area contributed by atoms with Crippen LogP contribution in [0.25, 0.3) is 0 Å². The topological polar surface area (TPSA) is 49.3 Å². The second-order valence-corrected chi connectivity index (χ2v) is 4.46. The van der Waals surface area contributed by atoms with Crippen LogP contribution in [-0.4, -0.2) is 23.2 Å². The van der Waals surface area contributed by atoms with E-state index in [1.54, 1.807) is 26.8 Å². The molecule has 0 saturated heterocycles. The second kappa shape index (κ2) is 4.61. The molecule has 0 saturated carbocycles. The lowest BCUT2D eigenvalue weighted by Crippen LogP contribution is -2.46. The van der Waals surface area contributed by atoms with Crippen LogP contribution in [0.5, 0.6) is 0 Å². The number of aryl methyl sites for hydroxylation is 1. The molecule has 0 fully saturated rings. The molecule has 0 aromatic heterocycles. The number of rotatable bonds is 3. The quantitative estimate of drug-likeness (QED) is 0.821. The van der Waals surface area contributed by atoms with Gasteiger partial charge in [0.05, 0.1) is 12.1 Å². The van der Waals surface area contributed by atoms with Crippen LogP contribution in [0.3, 0.4) is 0 Å². The molecule has 0 spiro atoms. The lowest BCUT2D eigenvalue weighted by Gasteiger charge is -2.23. The van der Waals surface area contributed by atoms with Crippen molar-refractivity contribution in [2.24, 2.45) is 0 Å². The largest absolute Gasteiger partial charge is 0.394 e. The summed E-state index contributed by atoms with van der Waals surface area (Å²) in [4.78, 5) is 11.8. The van der Waals surface area contributed by atoms with Crippen molar-refractivity contribution in [2.75, 3.05) is 6.61 Å². The first-order valence-corrected chi connectivity index (χ1v) is 5.05. The van der Waals surface area contributed by atoms with E-state index < -0.39 is 11.4 Å². The summed E-state index contributed by atoms with van der Waals surface area (Å²) in [5, 5.41) is 11.7. The second-order valence-electron chi connectivity index (χ2n) is 4.46. The van der Waals surface area contributed by atoms with Crippen LogP contribution < -0.4 is 5.32 Å². The number of benzene rings is 1. The zero-order chi connectivity index (χ0) is 12.3. The van der Waals surface area contributed by atoms with Gasteiger partial charge in [-0.25, -0.2) is 4.39 Å². The number of aliphatic hydroxyl groups is 1. The minimum atomic E-state index is -0.712. The molecule has 0 aliphatic rings. The molecule has 0 aliphatic heterocycles. The number of halogens is 1. The molecule has 1 aromatic carbocycles. The zero-order valence-electron chi connectivity index (χ0n) is 9.67. The van der Waals surface area contributed by atoms with E-state index in [-0.39, 0.29) is 12.5 Å². The van der Waals surface area contributed by atoms with Gasteiger partial charge in [-0.3, -0.25) is 4.79 Å². The summed E-state index contributed by atoms with van der Waals surface area (Å²) in [6, 6.07) is 4.05. The van der Waals surface area contributed by atoms with Gasteiger partial charge in [0.2, 0.25) is 0 Å². The minimum absolute atomic E-state index is 0.174. The number of hydrogen-bond donors (Lipinski definition) is 2. The van der Waals surface area contributed by atoms with Crippen LogP contribution in [0, 0.1) is 12.7 Å². The Bertz CT molecular complexity index is 402. The Kier molecular flexibility index (Phi) is 3.65. The first kappa shape index (κ1) is 12.6. The Morgan fingerprint density at radius 1 is 1.50 bits per heavy atom. The van der Waals surface area contributed by atoms with E-state index >= 15 is 0 Å². The highest BCUT2D eigenvalue weighted by Crippen LogP contribution is 2.11. The van der Waals surface area contributed by atoms with E-state index in [0.29, 0.717) is 11.1 Å². The van der Waals surface area contributed by atoms with Gasteiger partial charge in [-0.2, -0.15) is 0 Å². The van der Waals surface area contributed by atoms with Crippen LogP contribution in [0.15, 0.2) is 18.2 Å². The molecule has 0 heterocycles. The molecule has 0 atom stereocenters. The molecule has 0 bridgehead atoms. The first-order valence-electron chi connectivity index (χ1n) is 5.05. The predicted molar refractivity (Wildman–Crippen MR) is 59.8 cm³/mol. The van der Waals surface area contributed by atoms with E-state index in [4.69, 9.17) is 5.11 Å². The Morgan fingerprint density at radius 3 is 2.69 bits per heavy atom. The third-order valence-electron chi connectivity index (χ3n) is 2.29. The van der Waals surface area contributed by atoms with Gasteiger partial charge in [-0.1, -0.05) is 6.07 Å². The summed E-state index contributed by atoms with van der Waals surface area (Å²) < 4.78 is 13.0. The number of amides is 1. The molecule has 2 N–H and O–H groups in total. The van der Waals surface area contributed by atoms with Gasteiger partial charge in [0, 0.05) is 5.56 Å². The average molecular weight is 225 g/mol. The van der Waals surface area contributed by atoms with Gasteiger partial charge in [-0.15, -0.1) is 0 Å². The summed E-state index contributed by atoms with van der Waals surface area (Å²) in [6.07, 6.45) is 0. The maximum absolute atomic E-state index is 13.0. The van der Waals surface area contributed by atoms with E-state index in [1.165, 1.54) is 12.1 Å². The summed E-state index contributed by atoms with van der Waals surface area (Å²) in [5.41, 5.74) is 0.282. The molecule has 4 heteroatoms. The summed E-state index contributed by atoms with van der Waals surface area (Å²) >= 11 is 0. The third kappa shape index (κ3) is 3.03. The fourth-order valence-electron chi connectivity index (χ4n) is 1.25. The van der Waals surface area contributed by atoms with Crippen LogP contribution >= 0.6 is 0 Å². The number of carbonyl (C=O) groups excluding carboxylic acids is 1. The lowest BCUT2D eigenvalue weighted by atomic mass is 10.0. The zero-order valence-corrected chi connectivity index (χ0v) is 9.67. The summed E-state index contributed by atoms with van der Waals surface area (Å²) in [7, 11) is 0. The molecule has 3 nitrogen and oxygen atoms in total. The molecule has 1 aromatic rings. The van der Waals surface area contributed by atoms with Crippen molar-refractivity contribution >= 4 is 5.91 Å². The van der Waals surface area contributed by atoms with Crippen LogP contribution in [-0.2, 0) is 0 Å². The molecule has 0 radical (unpaired) electrons. The van der Waals surface area contributed by atoms with E-state index in [9.17, 15) is 9.18 Å². The van der Waals surface area contributed by atoms with Crippen LogP contribution in [0.4, 0.5) is 4.39 Å². The summed E-state index contributed by atoms with van der Waals surface area (Å²) in [5.74, 6) is -0.825. The van der Waals surface area contributed by atoms with Gasteiger partial charge >= 0.3 is 0 Å². The molecule has 88 valence electrons. The van der Waals surface area contributed by atoms with Crippen molar-refractivity contribution in [1.82, 2.24) is 5.32 Å². The molecule has 1 amide bonds. The first-order chi connectivity index (χ1) is 7.35. The Balaban J connectivity index is 2.93. The van der Waals surface area contributed by atoms with Crippen LogP contribution in [0.2, 0.25) is 0 Å². The van der Waals surface area contributed by atoms with E-state index in [1.807, 2.05) is 0 Å². The van der Waals surface area contributed by atoms with Crippen molar-refractivity contribution < 1.29 is 14.3 Å². The summed E-state index contributed by atoms with van der Waals surface area (Å²) in [6.45, 7) is 4.95.